The zero-order valence-corrected chi connectivity index (χ0v) is 18.1. The number of urea groups is 1. The number of nitrogens with one attached hydrogen (secondary N) is 2. The summed E-state index contributed by atoms with van der Waals surface area (Å²) in [6.45, 7) is 0.299. The molecule has 0 aliphatic carbocycles. The Labute approximate surface area is 191 Å². The fourth-order valence-electron chi connectivity index (χ4n) is 3.09. The molecule has 0 saturated carbocycles. The van der Waals surface area contributed by atoms with E-state index in [9.17, 15) is 18.8 Å². The third-order valence-electron chi connectivity index (χ3n) is 4.67. The van der Waals surface area contributed by atoms with E-state index < -0.39 is 11.9 Å². The number of para-hydroxylation sites is 1. The number of hydrogen-bond donors (Lipinski definition) is 2. The van der Waals surface area contributed by atoms with E-state index in [1.807, 2.05) is 0 Å². The third kappa shape index (κ3) is 5.66. The Morgan fingerprint density at radius 1 is 1.06 bits per heavy atom. The molecule has 0 radical (unpaired) electrons. The lowest BCUT2D eigenvalue weighted by atomic mass is 10.2. The fourth-order valence-corrected chi connectivity index (χ4v) is 3.89. The number of amides is 3. The summed E-state index contributed by atoms with van der Waals surface area (Å²) >= 11 is 1.03. The number of imide groups is 1. The van der Waals surface area contributed by atoms with Crippen molar-refractivity contribution in [3.05, 3.63) is 94.4 Å². The number of furan rings is 1. The normalized spacial score (nSPS) is 10.8. The van der Waals surface area contributed by atoms with Gasteiger partial charge in [-0.1, -0.05) is 36.0 Å². The van der Waals surface area contributed by atoms with Crippen LogP contribution in [-0.2, 0) is 17.9 Å². The van der Waals surface area contributed by atoms with E-state index in [0.717, 1.165) is 11.8 Å². The van der Waals surface area contributed by atoms with Gasteiger partial charge in [-0.05, 0) is 42.0 Å². The largest absolute Gasteiger partial charge is 0.467 e. The molecular formula is C23H19FN4O4S. The van der Waals surface area contributed by atoms with Crippen molar-refractivity contribution >= 4 is 34.6 Å². The Balaban J connectivity index is 1.48. The summed E-state index contributed by atoms with van der Waals surface area (Å²) in [5.41, 5.74) is 0.931. The molecule has 2 aromatic heterocycles. The van der Waals surface area contributed by atoms with E-state index in [4.69, 9.17) is 4.42 Å². The molecule has 0 saturated heterocycles. The van der Waals surface area contributed by atoms with Crippen LogP contribution in [0, 0.1) is 5.82 Å². The van der Waals surface area contributed by atoms with Crippen molar-refractivity contribution in [2.45, 2.75) is 18.2 Å². The van der Waals surface area contributed by atoms with Gasteiger partial charge in [0.05, 0.1) is 36.0 Å². The zero-order chi connectivity index (χ0) is 23.2. The highest BCUT2D eigenvalue weighted by atomic mass is 32.2. The van der Waals surface area contributed by atoms with E-state index in [-0.39, 0.29) is 30.2 Å². The first-order valence-electron chi connectivity index (χ1n) is 9.96. The van der Waals surface area contributed by atoms with E-state index in [1.165, 1.54) is 23.0 Å². The van der Waals surface area contributed by atoms with E-state index in [2.05, 4.69) is 15.6 Å². The zero-order valence-electron chi connectivity index (χ0n) is 17.3. The minimum atomic E-state index is -0.660. The van der Waals surface area contributed by atoms with Gasteiger partial charge < -0.3 is 9.73 Å². The maximum atomic E-state index is 13.3. The van der Waals surface area contributed by atoms with E-state index >= 15 is 0 Å². The third-order valence-corrected chi connectivity index (χ3v) is 5.65. The fraction of sp³-hybridized carbons (Fsp3) is 0.130. The summed E-state index contributed by atoms with van der Waals surface area (Å²) in [6.07, 6.45) is 1.48. The first-order chi connectivity index (χ1) is 16.0. The van der Waals surface area contributed by atoms with Crippen LogP contribution in [0.5, 0.6) is 0 Å². The second kappa shape index (κ2) is 10.1. The van der Waals surface area contributed by atoms with E-state index in [1.54, 1.807) is 48.5 Å². The number of aromatic nitrogens is 2. The molecule has 0 spiro atoms. The molecule has 2 heterocycles. The number of nitrogens with zero attached hydrogens (tertiary/aromatic N) is 2. The van der Waals surface area contributed by atoms with Crippen molar-refractivity contribution in [1.82, 2.24) is 20.2 Å². The molecule has 3 amide bonds. The van der Waals surface area contributed by atoms with Crippen LogP contribution in [0.15, 0.2) is 81.3 Å². The highest BCUT2D eigenvalue weighted by Crippen LogP contribution is 2.19. The lowest BCUT2D eigenvalue weighted by molar-refractivity contribution is -0.117. The number of thioether (sulfide) groups is 1. The number of fused-ring (bicyclic) bond motifs is 1. The Kier molecular flexibility index (Phi) is 6.84. The van der Waals surface area contributed by atoms with Gasteiger partial charge in [0.1, 0.15) is 11.6 Å². The second-order valence-electron chi connectivity index (χ2n) is 7.03. The van der Waals surface area contributed by atoms with Gasteiger partial charge in [-0.15, -0.1) is 0 Å². The van der Waals surface area contributed by atoms with Crippen molar-refractivity contribution in [1.29, 1.82) is 0 Å². The van der Waals surface area contributed by atoms with Crippen LogP contribution >= 0.6 is 11.8 Å². The van der Waals surface area contributed by atoms with Crippen molar-refractivity contribution in [2.24, 2.45) is 0 Å². The van der Waals surface area contributed by atoms with Crippen LogP contribution in [0.1, 0.15) is 11.3 Å². The topological polar surface area (TPSA) is 106 Å². The SMILES string of the molecule is O=C(CSc1nc2ccccc2c(=O)n1Cc1ccc(F)cc1)NC(=O)NCc1ccco1. The molecular weight excluding hydrogens is 447 g/mol. The first-order valence-corrected chi connectivity index (χ1v) is 10.9. The van der Waals surface area contributed by atoms with Crippen LogP contribution in [0.3, 0.4) is 0 Å². The van der Waals surface area contributed by atoms with Crippen molar-refractivity contribution in [2.75, 3.05) is 5.75 Å². The first kappa shape index (κ1) is 22.3. The number of benzene rings is 2. The quantitative estimate of drug-likeness (QED) is 0.320. The highest BCUT2D eigenvalue weighted by Gasteiger charge is 2.15. The molecule has 4 aromatic rings. The predicted molar refractivity (Wildman–Crippen MR) is 121 cm³/mol. The molecule has 2 N–H and O–H groups in total. The summed E-state index contributed by atoms with van der Waals surface area (Å²) in [7, 11) is 0. The molecule has 0 atom stereocenters. The maximum absolute atomic E-state index is 13.3. The average Bonchev–Trinajstić information content (AvgIpc) is 3.33. The van der Waals surface area contributed by atoms with Gasteiger partial charge in [-0.25, -0.2) is 14.2 Å². The van der Waals surface area contributed by atoms with Crippen LogP contribution < -0.4 is 16.2 Å². The van der Waals surface area contributed by atoms with Gasteiger partial charge in [0.25, 0.3) is 5.56 Å². The molecule has 2 aromatic carbocycles. The van der Waals surface area contributed by atoms with Gasteiger partial charge in [0.15, 0.2) is 5.16 Å². The Bertz CT molecular complexity index is 1340. The summed E-state index contributed by atoms with van der Waals surface area (Å²) in [5, 5.41) is 5.50. The van der Waals surface area contributed by atoms with Crippen molar-refractivity contribution in [3.8, 4) is 0 Å². The highest BCUT2D eigenvalue weighted by molar-refractivity contribution is 7.99. The second-order valence-corrected chi connectivity index (χ2v) is 7.97. The van der Waals surface area contributed by atoms with Crippen LogP contribution in [-0.4, -0.2) is 27.2 Å². The lowest BCUT2D eigenvalue weighted by Gasteiger charge is -2.13. The molecule has 4 rings (SSSR count). The van der Waals surface area contributed by atoms with Crippen molar-refractivity contribution < 1.29 is 18.4 Å². The van der Waals surface area contributed by atoms with Crippen LogP contribution in [0.25, 0.3) is 10.9 Å². The number of carbonyl (C=O) groups excluding carboxylic acids is 2. The lowest BCUT2D eigenvalue weighted by Crippen LogP contribution is -2.40. The van der Waals surface area contributed by atoms with Gasteiger partial charge in [-0.2, -0.15) is 0 Å². The number of carbonyl (C=O) groups is 2. The molecule has 0 aliphatic rings. The molecule has 0 aliphatic heterocycles. The number of rotatable bonds is 7. The molecule has 0 unspecified atom stereocenters. The molecule has 0 fully saturated rings. The monoisotopic (exact) mass is 466 g/mol. The van der Waals surface area contributed by atoms with E-state index in [0.29, 0.717) is 27.4 Å². The molecule has 10 heteroatoms. The minimum absolute atomic E-state index is 0.137. The maximum Gasteiger partial charge on any atom is 0.321 e. The van der Waals surface area contributed by atoms with Gasteiger partial charge in [0, 0.05) is 0 Å². The minimum Gasteiger partial charge on any atom is -0.467 e. The smallest absolute Gasteiger partial charge is 0.321 e. The van der Waals surface area contributed by atoms with Crippen LogP contribution in [0.4, 0.5) is 9.18 Å². The molecule has 8 nitrogen and oxygen atoms in total. The molecule has 33 heavy (non-hydrogen) atoms. The average molecular weight is 466 g/mol. The predicted octanol–water partition coefficient (Wildman–Crippen LogP) is 3.30. The van der Waals surface area contributed by atoms with Crippen molar-refractivity contribution in [3.63, 3.8) is 0 Å². The summed E-state index contributed by atoms with van der Waals surface area (Å²) < 4.78 is 19.8. The van der Waals surface area contributed by atoms with Gasteiger partial charge >= 0.3 is 6.03 Å². The standard InChI is InChI=1S/C23H19FN4O4S/c24-16-9-7-15(8-10-16)13-28-21(30)18-5-1-2-6-19(18)26-23(28)33-14-20(29)27-22(31)25-12-17-4-3-11-32-17/h1-11H,12-14H2,(H2,25,27,29,31). The Hall–Kier alpha value is -3.92. The Morgan fingerprint density at radius 2 is 1.85 bits per heavy atom. The summed E-state index contributed by atoms with van der Waals surface area (Å²) in [4.78, 5) is 41.8. The summed E-state index contributed by atoms with van der Waals surface area (Å²) in [5.74, 6) is -0.508. The molecule has 0 bridgehead atoms. The van der Waals surface area contributed by atoms with Gasteiger partial charge in [-0.3, -0.25) is 19.5 Å². The number of halogens is 1. The molecule has 168 valence electrons. The summed E-state index contributed by atoms with van der Waals surface area (Å²) in [6, 6.07) is 15.4. The Morgan fingerprint density at radius 3 is 2.61 bits per heavy atom. The number of hydrogen-bond acceptors (Lipinski definition) is 6. The van der Waals surface area contributed by atoms with Crippen LogP contribution in [0.2, 0.25) is 0 Å². The van der Waals surface area contributed by atoms with Gasteiger partial charge in [0.2, 0.25) is 5.91 Å².